The van der Waals surface area contributed by atoms with Crippen LogP contribution in [0.5, 0.6) is 0 Å². The Labute approximate surface area is 130 Å². The van der Waals surface area contributed by atoms with E-state index in [0.717, 1.165) is 30.7 Å². The first-order valence-corrected chi connectivity index (χ1v) is 7.78. The molecule has 0 spiro atoms. The van der Waals surface area contributed by atoms with Gasteiger partial charge in [0.25, 0.3) is 0 Å². The molecule has 116 valence electrons. The lowest BCUT2D eigenvalue weighted by Crippen LogP contribution is -2.31. The summed E-state index contributed by atoms with van der Waals surface area (Å²) in [5, 5.41) is 7.28. The fraction of sp³-hybridized carbons (Fsp3) is 0.412. The summed E-state index contributed by atoms with van der Waals surface area (Å²) >= 11 is 0. The number of hydrogen-bond acceptors (Lipinski definition) is 3. The number of rotatable bonds is 6. The van der Waals surface area contributed by atoms with Crippen LogP contribution < -0.4 is 5.32 Å². The molecule has 2 aromatic rings. The normalized spacial score (nSPS) is 17.5. The molecular formula is C17H21N3O2. The number of aryl methyl sites for hydroxylation is 1. The van der Waals surface area contributed by atoms with Gasteiger partial charge in [0.1, 0.15) is 0 Å². The maximum atomic E-state index is 11.9. The number of hydrogen-bond donors (Lipinski definition) is 1. The Morgan fingerprint density at radius 3 is 3.00 bits per heavy atom. The maximum absolute atomic E-state index is 11.9. The van der Waals surface area contributed by atoms with Gasteiger partial charge in [0.05, 0.1) is 18.0 Å². The fourth-order valence-corrected chi connectivity index (χ4v) is 2.59. The van der Waals surface area contributed by atoms with Crippen molar-refractivity contribution in [2.45, 2.75) is 31.8 Å². The minimum atomic E-state index is 0.0722. The molecule has 1 aromatic heterocycles. The molecule has 0 aliphatic carbocycles. The highest BCUT2D eigenvalue weighted by Crippen LogP contribution is 2.11. The third kappa shape index (κ3) is 3.95. The maximum Gasteiger partial charge on any atom is 0.220 e. The van der Waals surface area contributed by atoms with E-state index in [4.69, 9.17) is 4.74 Å². The minimum Gasteiger partial charge on any atom is -0.376 e. The Bertz CT molecular complexity index is 603. The predicted octanol–water partition coefficient (Wildman–Crippen LogP) is 2.10. The third-order valence-electron chi connectivity index (χ3n) is 3.85. The first kappa shape index (κ1) is 14.8. The van der Waals surface area contributed by atoms with Crippen molar-refractivity contribution < 1.29 is 9.53 Å². The van der Waals surface area contributed by atoms with Crippen LogP contribution in [0.15, 0.2) is 42.7 Å². The average Bonchev–Trinajstić information content (AvgIpc) is 3.23. The molecule has 1 aliphatic heterocycles. The predicted molar refractivity (Wildman–Crippen MR) is 83.9 cm³/mol. The number of carbonyl (C=O) groups excluding carboxylic acids is 1. The van der Waals surface area contributed by atoms with Crippen LogP contribution >= 0.6 is 0 Å². The Kier molecular flexibility index (Phi) is 4.85. The SMILES string of the molecule is O=C(CCc1cnn(-c2ccccc2)c1)NC[C@@H]1CCCO1. The Morgan fingerprint density at radius 1 is 1.36 bits per heavy atom. The number of nitrogens with one attached hydrogen (secondary N) is 1. The standard InChI is InChI=1S/C17H21N3O2/c21-17(18-12-16-7-4-10-22-16)9-8-14-11-19-20(13-14)15-5-2-1-3-6-15/h1-3,5-6,11,13,16H,4,7-10,12H2,(H,18,21)/t16-/m0/s1. The van der Waals surface area contributed by atoms with Crippen molar-refractivity contribution in [3.63, 3.8) is 0 Å². The molecule has 1 fully saturated rings. The van der Waals surface area contributed by atoms with E-state index in [-0.39, 0.29) is 12.0 Å². The average molecular weight is 299 g/mol. The quantitative estimate of drug-likeness (QED) is 0.888. The lowest BCUT2D eigenvalue weighted by Gasteiger charge is -2.10. The topological polar surface area (TPSA) is 56.2 Å². The molecular weight excluding hydrogens is 278 g/mol. The van der Waals surface area contributed by atoms with E-state index in [1.807, 2.05) is 47.4 Å². The Morgan fingerprint density at radius 2 is 2.23 bits per heavy atom. The van der Waals surface area contributed by atoms with E-state index in [9.17, 15) is 4.79 Å². The molecule has 0 radical (unpaired) electrons. The van der Waals surface area contributed by atoms with Crippen molar-refractivity contribution in [2.24, 2.45) is 0 Å². The molecule has 1 aromatic carbocycles. The molecule has 1 atom stereocenters. The summed E-state index contributed by atoms with van der Waals surface area (Å²) in [6.45, 7) is 1.45. The highest BCUT2D eigenvalue weighted by molar-refractivity contribution is 5.76. The monoisotopic (exact) mass is 299 g/mol. The van der Waals surface area contributed by atoms with Crippen molar-refractivity contribution >= 4 is 5.91 Å². The van der Waals surface area contributed by atoms with Crippen molar-refractivity contribution in [1.82, 2.24) is 15.1 Å². The highest BCUT2D eigenvalue weighted by Gasteiger charge is 2.16. The number of aromatic nitrogens is 2. The minimum absolute atomic E-state index is 0.0722. The number of amides is 1. The summed E-state index contributed by atoms with van der Waals surface area (Å²) in [5.74, 6) is 0.0722. The first-order chi connectivity index (χ1) is 10.8. The van der Waals surface area contributed by atoms with Crippen molar-refractivity contribution in [2.75, 3.05) is 13.2 Å². The van der Waals surface area contributed by atoms with Gasteiger partial charge >= 0.3 is 0 Å². The van der Waals surface area contributed by atoms with Gasteiger partial charge in [0, 0.05) is 25.8 Å². The molecule has 3 rings (SSSR count). The van der Waals surface area contributed by atoms with Gasteiger partial charge in [-0.15, -0.1) is 0 Å². The summed E-state index contributed by atoms with van der Waals surface area (Å²) in [4.78, 5) is 11.9. The van der Waals surface area contributed by atoms with Crippen LogP contribution in [-0.4, -0.2) is 34.9 Å². The second-order valence-corrected chi connectivity index (χ2v) is 5.57. The molecule has 22 heavy (non-hydrogen) atoms. The zero-order valence-electron chi connectivity index (χ0n) is 12.6. The molecule has 0 bridgehead atoms. The van der Waals surface area contributed by atoms with Crippen LogP contribution in [0.2, 0.25) is 0 Å². The van der Waals surface area contributed by atoms with Crippen LogP contribution in [0, 0.1) is 0 Å². The van der Waals surface area contributed by atoms with Gasteiger partial charge in [-0.3, -0.25) is 4.79 Å². The summed E-state index contributed by atoms with van der Waals surface area (Å²) in [6.07, 6.45) is 7.31. The van der Waals surface area contributed by atoms with Gasteiger partial charge in [-0.1, -0.05) is 18.2 Å². The van der Waals surface area contributed by atoms with Crippen LogP contribution in [0.25, 0.3) is 5.69 Å². The molecule has 5 heteroatoms. The highest BCUT2D eigenvalue weighted by atomic mass is 16.5. The number of nitrogens with zero attached hydrogens (tertiary/aromatic N) is 2. The van der Waals surface area contributed by atoms with Crippen LogP contribution in [0.3, 0.4) is 0 Å². The molecule has 1 N–H and O–H groups in total. The molecule has 1 aliphatic rings. The summed E-state index contributed by atoms with van der Waals surface area (Å²) in [5.41, 5.74) is 2.09. The second kappa shape index (κ2) is 7.22. The first-order valence-electron chi connectivity index (χ1n) is 7.78. The number of carbonyl (C=O) groups is 1. The smallest absolute Gasteiger partial charge is 0.220 e. The lowest BCUT2D eigenvalue weighted by atomic mass is 10.2. The lowest BCUT2D eigenvalue weighted by molar-refractivity contribution is -0.121. The van der Waals surface area contributed by atoms with Gasteiger partial charge in [0.2, 0.25) is 5.91 Å². The molecule has 0 unspecified atom stereocenters. The van der Waals surface area contributed by atoms with Crippen molar-refractivity contribution in [3.05, 3.63) is 48.3 Å². The molecule has 1 saturated heterocycles. The summed E-state index contributed by atoms with van der Waals surface area (Å²) in [7, 11) is 0. The van der Waals surface area contributed by atoms with E-state index in [0.29, 0.717) is 19.4 Å². The number of para-hydroxylation sites is 1. The number of benzene rings is 1. The second-order valence-electron chi connectivity index (χ2n) is 5.57. The molecule has 0 saturated carbocycles. The zero-order valence-corrected chi connectivity index (χ0v) is 12.6. The molecule has 1 amide bonds. The largest absolute Gasteiger partial charge is 0.376 e. The van der Waals surface area contributed by atoms with Crippen molar-refractivity contribution in [3.8, 4) is 5.69 Å². The van der Waals surface area contributed by atoms with E-state index < -0.39 is 0 Å². The summed E-state index contributed by atoms with van der Waals surface area (Å²) < 4.78 is 7.32. The van der Waals surface area contributed by atoms with E-state index in [1.165, 1.54) is 0 Å². The van der Waals surface area contributed by atoms with Crippen molar-refractivity contribution in [1.29, 1.82) is 0 Å². The van der Waals surface area contributed by atoms with Gasteiger partial charge in [-0.25, -0.2) is 4.68 Å². The Hall–Kier alpha value is -2.14. The van der Waals surface area contributed by atoms with E-state index >= 15 is 0 Å². The van der Waals surface area contributed by atoms with E-state index in [2.05, 4.69) is 10.4 Å². The third-order valence-corrected chi connectivity index (χ3v) is 3.85. The van der Waals surface area contributed by atoms with Gasteiger partial charge in [-0.2, -0.15) is 5.10 Å². The molecule has 2 heterocycles. The van der Waals surface area contributed by atoms with Crippen LogP contribution in [0.4, 0.5) is 0 Å². The van der Waals surface area contributed by atoms with Gasteiger partial charge in [-0.05, 0) is 37.0 Å². The van der Waals surface area contributed by atoms with E-state index in [1.54, 1.807) is 0 Å². The Balaban J connectivity index is 1.45. The van der Waals surface area contributed by atoms with Crippen LogP contribution in [-0.2, 0) is 16.0 Å². The molecule has 5 nitrogen and oxygen atoms in total. The zero-order chi connectivity index (χ0) is 15.2. The van der Waals surface area contributed by atoms with Crippen LogP contribution in [0.1, 0.15) is 24.8 Å². The van der Waals surface area contributed by atoms with Gasteiger partial charge in [0.15, 0.2) is 0 Å². The van der Waals surface area contributed by atoms with Gasteiger partial charge < -0.3 is 10.1 Å². The summed E-state index contributed by atoms with van der Waals surface area (Å²) in [6, 6.07) is 9.95. The number of ether oxygens (including phenoxy) is 1. The fourth-order valence-electron chi connectivity index (χ4n) is 2.59.